The first-order chi connectivity index (χ1) is 4.88. The van der Waals surface area contributed by atoms with Crippen molar-refractivity contribution in [2.45, 2.75) is 0 Å². The Hall–Kier alpha value is -1.90. The van der Waals surface area contributed by atoms with Crippen LogP contribution in [-0.4, -0.2) is 46.5 Å². The highest BCUT2D eigenvalue weighted by atomic mass is 16.5. The first-order valence-corrected chi connectivity index (χ1v) is 2.34. The summed E-state index contributed by atoms with van der Waals surface area (Å²) in [5.41, 5.74) is 0.257. The zero-order chi connectivity index (χ0) is 6.97. The van der Waals surface area contributed by atoms with Crippen molar-refractivity contribution in [3.05, 3.63) is 0 Å². The molecule has 0 aliphatic carbocycles. The fourth-order valence-corrected chi connectivity index (χ4v) is 0.535. The Morgan fingerprint density at radius 1 is 1.09 bits per heavy atom. The van der Waals surface area contributed by atoms with E-state index in [-0.39, 0.29) is 16.8 Å². The van der Waals surface area contributed by atoms with Crippen LogP contribution in [0.3, 0.4) is 0 Å². The molecule has 0 fully saturated rings. The largest absolute Gasteiger partial charge is 0.412 e. The normalized spacial score (nSPS) is 9.45. The second-order valence-corrected chi connectivity index (χ2v) is 1.50. The lowest BCUT2D eigenvalue weighted by atomic mass is 10.8. The molecule has 0 aliphatic rings. The maximum Gasteiger partial charge on any atom is 0.263 e. The molecule has 2 heterocycles. The van der Waals surface area contributed by atoms with Crippen LogP contribution in [-0.2, 0) is 0 Å². The van der Waals surface area contributed by atoms with E-state index in [0.29, 0.717) is 4.85 Å². The fraction of sp³-hybridized carbons (Fsp3) is 0. The Balaban J connectivity index is 0.000000605. The molecule has 0 radical (unpaired) electrons. The first-order valence-electron chi connectivity index (χ1n) is 2.34. The third-order valence-corrected chi connectivity index (χ3v) is 0.932. The van der Waals surface area contributed by atoms with Gasteiger partial charge in [0, 0.05) is 0 Å². The van der Waals surface area contributed by atoms with E-state index < -0.39 is 0 Å². The summed E-state index contributed by atoms with van der Waals surface area (Å²) in [6.45, 7) is 0. The smallest absolute Gasteiger partial charge is 0.263 e. The van der Waals surface area contributed by atoms with Crippen LogP contribution in [0.1, 0.15) is 0 Å². The molecule has 0 saturated heterocycles. The Labute approximate surface area is 58.9 Å². The second kappa shape index (κ2) is 2.38. The van der Waals surface area contributed by atoms with Gasteiger partial charge in [-0.2, -0.15) is 0 Å². The zero-order valence-corrected chi connectivity index (χ0v) is 5.08. The SMILES string of the molecule is O.On1nnc2nnnnc21. The molecule has 2 aromatic rings. The highest BCUT2D eigenvalue weighted by Crippen LogP contribution is 1.95. The molecule has 0 saturated carbocycles. The van der Waals surface area contributed by atoms with E-state index in [1.165, 1.54) is 0 Å². The molecule has 0 unspecified atom stereocenters. The number of rotatable bonds is 0. The van der Waals surface area contributed by atoms with E-state index in [0.717, 1.165) is 0 Å². The Bertz CT molecular complexity index is 356. The summed E-state index contributed by atoms with van der Waals surface area (Å²) in [7, 11) is 0. The van der Waals surface area contributed by atoms with Crippen molar-refractivity contribution < 1.29 is 10.7 Å². The molecule has 2 aromatic heterocycles. The zero-order valence-electron chi connectivity index (χ0n) is 5.08. The van der Waals surface area contributed by atoms with Gasteiger partial charge in [-0.25, -0.2) is 0 Å². The van der Waals surface area contributed by atoms with Crippen LogP contribution in [0.15, 0.2) is 0 Å². The van der Waals surface area contributed by atoms with Crippen molar-refractivity contribution in [2.24, 2.45) is 0 Å². The standard InChI is InChI=1S/C2HN7O.H2O/c10-9-2-1(4-8-9)3-6-7-5-2;/h10H;1H2. The van der Waals surface area contributed by atoms with Gasteiger partial charge in [0.25, 0.3) is 5.65 Å². The maximum atomic E-state index is 8.78. The van der Waals surface area contributed by atoms with Crippen molar-refractivity contribution in [3.8, 4) is 0 Å². The van der Waals surface area contributed by atoms with Gasteiger partial charge in [-0.15, -0.1) is 15.3 Å². The number of hydrogen-bond donors (Lipinski definition) is 1. The summed E-state index contributed by atoms with van der Waals surface area (Å²) in [6.07, 6.45) is 0. The van der Waals surface area contributed by atoms with E-state index in [2.05, 4.69) is 30.9 Å². The molecule has 2 rings (SSSR count). The Morgan fingerprint density at radius 3 is 2.55 bits per heavy atom. The molecule has 11 heavy (non-hydrogen) atoms. The minimum absolute atomic E-state index is 0. The highest BCUT2D eigenvalue weighted by molar-refractivity contribution is 5.61. The predicted molar refractivity (Wildman–Crippen MR) is 29.5 cm³/mol. The number of nitrogens with zero attached hydrogens (tertiary/aromatic N) is 7. The third kappa shape index (κ3) is 0.920. The second-order valence-electron chi connectivity index (χ2n) is 1.50. The van der Waals surface area contributed by atoms with Crippen LogP contribution in [0.25, 0.3) is 11.3 Å². The number of aromatic nitrogens is 7. The summed E-state index contributed by atoms with van der Waals surface area (Å²) in [6, 6.07) is 0. The van der Waals surface area contributed by atoms with Crippen LogP contribution in [0, 0.1) is 0 Å². The summed E-state index contributed by atoms with van der Waals surface area (Å²) < 4.78 is 0. The van der Waals surface area contributed by atoms with Gasteiger partial charge in [0.15, 0.2) is 0 Å². The van der Waals surface area contributed by atoms with Gasteiger partial charge < -0.3 is 10.7 Å². The van der Waals surface area contributed by atoms with E-state index in [1.54, 1.807) is 0 Å². The predicted octanol–water partition coefficient (Wildman–Crippen LogP) is -2.58. The average Bonchev–Trinajstić information content (AvgIpc) is 2.34. The molecular formula is C2H3N7O2. The Kier molecular flexibility index (Phi) is 1.56. The van der Waals surface area contributed by atoms with Gasteiger partial charge in [-0.05, 0) is 15.6 Å². The van der Waals surface area contributed by atoms with Crippen LogP contribution in [0.5, 0.6) is 0 Å². The quantitative estimate of drug-likeness (QED) is 0.415. The topological polar surface area (TPSA) is 134 Å². The van der Waals surface area contributed by atoms with Gasteiger partial charge in [0.05, 0.1) is 0 Å². The third-order valence-electron chi connectivity index (χ3n) is 0.932. The lowest BCUT2D eigenvalue weighted by Gasteiger charge is -1.82. The van der Waals surface area contributed by atoms with Gasteiger partial charge in [0.1, 0.15) is 0 Å². The highest BCUT2D eigenvalue weighted by Gasteiger charge is 2.04. The molecule has 58 valence electrons. The lowest BCUT2D eigenvalue weighted by Crippen LogP contribution is -1.97. The molecular weight excluding hydrogens is 154 g/mol. The van der Waals surface area contributed by atoms with Gasteiger partial charge in [0.2, 0.25) is 5.65 Å². The molecule has 0 bridgehead atoms. The summed E-state index contributed by atoms with van der Waals surface area (Å²) in [5.74, 6) is 0. The van der Waals surface area contributed by atoms with Crippen molar-refractivity contribution in [1.82, 2.24) is 35.8 Å². The first kappa shape index (κ1) is 7.21. The van der Waals surface area contributed by atoms with Crippen LogP contribution < -0.4 is 0 Å². The van der Waals surface area contributed by atoms with E-state index in [1.807, 2.05) is 0 Å². The van der Waals surface area contributed by atoms with Crippen molar-refractivity contribution in [3.63, 3.8) is 0 Å². The molecule has 3 N–H and O–H groups in total. The number of hydrogen-bond acceptors (Lipinski definition) is 7. The minimum atomic E-state index is 0. The van der Waals surface area contributed by atoms with E-state index >= 15 is 0 Å². The Morgan fingerprint density at radius 2 is 1.82 bits per heavy atom. The van der Waals surface area contributed by atoms with E-state index in [9.17, 15) is 0 Å². The molecule has 0 amide bonds. The monoisotopic (exact) mass is 157 g/mol. The summed E-state index contributed by atoms with van der Waals surface area (Å²) >= 11 is 0. The molecule has 0 aromatic carbocycles. The van der Waals surface area contributed by atoms with Gasteiger partial charge in [-0.1, -0.05) is 4.85 Å². The van der Waals surface area contributed by atoms with Crippen molar-refractivity contribution >= 4 is 11.3 Å². The summed E-state index contributed by atoms with van der Waals surface area (Å²) in [4.78, 5) is 0.483. The fourth-order valence-electron chi connectivity index (χ4n) is 0.535. The van der Waals surface area contributed by atoms with Crippen molar-refractivity contribution in [2.75, 3.05) is 0 Å². The minimum Gasteiger partial charge on any atom is -0.412 e. The molecule has 0 atom stereocenters. The summed E-state index contributed by atoms with van der Waals surface area (Å²) in [5, 5.41) is 28.6. The van der Waals surface area contributed by atoms with Crippen molar-refractivity contribution in [1.29, 1.82) is 0 Å². The van der Waals surface area contributed by atoms with Gasteiger partial charge >= 0.3 is 0 Å². The molecule has 9 heteroatoms. The van der Waals surface area contributed by atoms with E-state index in [4.69, 9.17) is 5.21 Å². The maximum absolute atomic E-state index is 8.78. The lowest BCUT2D eigenvalue weighted by molar-refractivity contribution is 0.152. The molecule has 9 nitrogen and oxygen atoms in total. The molecule has 0 aliphatic heterocycles. The number of fused-ring (bicyclic) bond motifs is 1. The molecule has 0 spiro atoms. The van der Waals surface area contributed by atoms with Crippen LogP contribution >= 0.6 is 0 Å². The average molecular weight is 157 g/mol. The van der Waals surface area contributed by atoms with Gasteiger partial charge in [-0.3, -0.25) is 0 Å². The van der Waals surface area contributed by atoms with Crippen LogP contribution in [0.2, 0.25) is 0 Å². The van der Waals surface area contributed by atoms with Crippen LogP contribution in [0.4, 0.5) is 0 Å².